The van der Waals surface area contributed by atoms with Gasteiger partial charge < -0.3 is 5.32 Å². The quantitative estimate of drug-likeness (QED) is 0.877. The Bertz CT molecular complexity index is 919. The Morgan fingerprint density at radius 1 is 1.15 bits per heavy atom. The Morgan fingerprint density at radius 3 is 2.50 bits per heavy atom. The number of rotatable bonds is 5. The normalized spacial score (nSPS) is 13.8. The number of hydrogen-bond acceptors (Lipinski definition) is 3. The van der Waals surface area contributed by atoms with E-state index < -0.39 is 10.0 Å². The molecule has 0 fully saturated rings. The average molecular weight is 372 g/mol. The molecule has 1 aliphatic rings. The van der Waals surface area contributed by atoms with Crippen LogP contribution in [0.25, 0.3) is 0 Å². The maximum absolute atomic E-state index is 13.0. The molecular weight excluding hydrogens is 348 g/mol. The van der Waals surface area contributed by atoms with E-state index in [0.29, 0.717) is 36.7 Å². The summed E-state index contributed by atoms with van der Waals surface area (Å²) < 4.78 is 27.3. The Labute approximate surface area is 155 Å². The molecule has 1 N–H and O–H groups in total. The highest BCUT2D eigenvalue weighted by Gasteiger charge is 2.31. The van der Waals surface area contributed by atoms with Crippen LogP contribution in [-0.2, 0) is 16.4 Å². The van der Waals surface area contributed by atoms with Crippen molar-refractivity contribution in [2.45, 2.75) is 32.1 Å². The van der Waals surface area contributed by atoms with E-state index in [1.54, 1.807) is 42.5 Å². The highest BCUT2D eigenvalue weighted by Crippen LogP contribution is 2.33. The van der Waals surface area contributed by atoms with Gasteiger partial charge in [-0.3, -0.25) is 9.10 Å². The molecular formula is C20H24N2O3S. The molecule has 2 aromatic carbocycles. The molecule has 0 saturated carbocycles. The van der Waals surface area contributed by atoms with Gasteiger partial charge >= 0.3 is 0 Å². The van der Waals surface area contributed by atoms with Gasteiger partial charge in [0, 0.05) is 18.7 Å². The Balaban J connectivity index is 1.86. The van der Waals surface area contributed by atoms with E-state index in [-0.39, 0.29) is 10.8 Å². The summed E-state index contributed by atoms with van der Waals surface area (Å²) in [5, 5.41) is 2.89. The van der Waals surface area contributed by atoms with Gasteiger partial charge in [0.15, 0.2) is 0 Å². The molecule has 0 radical (unpaired) electrons. The summed E-state index contributed by atoms with van der Waals surface area (Å²) in [5.74, 6) is 0.255. The van der Waals surface area contributed by atoms with Crippen molar-refractivity contribution in [3.05, 3.63) is 59.2 Å². The highest BCUT2D eigenvalue weighted by molar-refractivity contribution is 7.92. The van der Waals surface area contributed by atoms with Crippen molar-refractivity contribution in [1.82, 2.24) is 5.32 Å². The highest BCUT2D eigenvalue weighted by atomic mass is 32.2. The van der Waals surface area contributed by atoms with Gasteiger partial charge in [0.1, 0.15) is 0 Å². The summed E-state index contributed by atoms with van der Waals surface area (Å²) in [6.07, 6.45) is 0.603. The Morgan fingerprint density at radius 2 is 1.85 bits per heavy atom. The summed E-state index contributed by atoms with van der Waals surface area (Å²) in [6.45, 7) is 7.01. The number of nitrogens with zero attached hydrogens (tertiary/aromatic N) is 1. The predicted octanol–water partition coefficient (Wildman–Crippen LogP) is 3.13. The molecule has 0 spiro atoms. The predicted molar refractivity (Wildman–Crippen MR) is 103 cm³/mol. The maximum Gasteiger partial charge on any atom is 0.264 e. The molecule has 1 amide bonds. The number of aryl methyl sites for hydroxylation is 1. The first-order valence-corrected chi connectivity index (χ1v) is 10.2. The molecule has 2 aromatic rings. The lowest BCUT2D eigenvalue weighted by molar-refractivity contribution is 0.0949. The van der Waals surface area contributed by atoms with E-state index in [1.807, 2.05) is 20.8 Å². The van der Waals surface area contributed by atoms with E-state index in [2.05, 4.69) is 5.32 Å². The molecule has 1 heterocycles. The second kappa shape index (κ2) is 7.11. The number of carbonyl (C=O) groups excluding carboxylic acids is 1. The number of carbonyl (C=O) groups is 1. The van der Waals surface area contributed by atoms with Gasteiger partial charge in [0.2, 0.25) is 0 Å². The molecule has 6 heteroatoms. The summed E-state index contributed by atoms with van der Waals surface area (Å²) in [6, 6.07) is 12.1. The zero-order valence-electron chi connectivity index (χ0n) is 15.3. The van der Waals surface area contributed by atoms with Crippen molar-refractivity contribution in [1.29, 1.82) is 0 Å². The third kappa shape index (κ3) is 3.60. The zero-order valence-corrected chi connectivity index (χ0v) is 16.1. The standard InChI is InChI=1S/C20H24N2O3S/c1-14(2)13-21-20(23)17-6-9-19-16(12-17)10-11-22(19)26(24,25)18-7-4-15(3)5-8-18/h4-9,12,14H,10-11,13H2,1-3H3,(H,21,23). The van der Waals surface area contributed by atoms with E-state index in [4.69, 9.17) is 0 Å². The van der Waals surface area contributed by atoms with Crippen molar-refractivity contribution in [2.24, 2.45) is 5.92 Å². The lowest BCUT2D eigenvalue weighted by Gasteiger charge is -2.20. The molecule has 26 heavy (non-hydrogen) atoms. The first-order chi connectivity index (χ1) is 12.3. The molecule has 0 saturated heterocycles. The fourth-order valence-electron chi connectivity index (χ4n) is 3.00. The average Bonchev–Trinajstić information content (AvgIpc) is 3.04. The summed E-state index contributed by atoms with van der Waals surface area (Å²) in [7, 11) is -3.59. The van der Waals surface area contributed by atoms with Crippen molar-refractivity contribution in [3.8, 4) is 0 Å². The summed E-state index contributed by atoms with van der Waals surface area (Å²) in [4.78, 5) is 12.5. The van der Waals surface area contributed by atoms with Gasteiger partial charge in [-0.2, -0.15) is 0 Å². The number of fused-ring (bicyclic) bond motifs is 1. The Kier molecular flexibility index (Phi) is 5.05. The number of hydrogen-bond donors (Lipinski definition) is 1. The molecule has 0 atom stereocenters. The second-order valence-corrected chi connectivity index (χ2v) is 8.95. The van der Waals surface area contributed by atoms with E-state index >= 15 is 0 Å². The van der Waals surface area contributed by atoms with Crippen LogP contribution >= 0.6 is 0 Å². The Hall–Kier alpha value is -2.34. The number of sulfonamides is 1. The van der Waals surface area contributed by atoms with Crippen LogP contribution in [0, 0.1) is 12.8 Å². The van der Waals surface area contributed by atoms with Crippen LogP contribution < -0.4 is 9.62 Å². The summed E-state index contributed by atoms with van der Waals surface area (Å²) in [5.41, 5.74) is 3.13. The van der Waals surface area contributed by atoms with Gasteiger partial charge in [-0.25, -0.2) is 8.42 Å². The fourth-order valence-corrected chi connectivity index (χ4v) is 4.50. The third-order valence-corrected chi connectivity index (χ3v) is 6.30. The largest absolute Gasteiger partial charge is 0.352 e. The molecule has 0 unspecified atom stereocenters. The minimum atomic E-state index is -3.59. The minimum Gasteiger partial charge on any atom is -0.352 e. The SMILES string of the molecule is Cc1ccc(S(=O)(=O)N2CCc3cc(C(=O)NCC(C)C)ccc32)cc1. The van der Waals surface area contributed by atoms with Crippen LogP contribution in [0.2, 0.25) is 0 Å². The minimum absolute atomic E-state index is 0.124. The van der Waals surface area contributed by atoms with Gasteiger partial charge in [0.05, 0.1) is 10.6 Å². The van der Waals surface area contributed by atoms with Crippen LogP contribution in [0.15, 0.2) is 47.4 Å². The molecule has 0 aromatic heterocycles. The second-order valence-electron chi connectivity index (χ2n) is 7.09. The molecule has 5 nitrogen and oxygen atoms in total. The molecule has 1 aliphatic heterocycles. The number of anilines is 1. The zero-order chi connectivity index (χ0) is 18.9. The lowest BCUT2D eigenvalue weighted by Crippen LogP contribution is -2.29. The van der Waals surface area contributed by atoms with E-state index in [0.717, 1.165) is 11.1 Å². The number of amides is 1. The van der Waals surface area contributed by atoms with Gasteiger partial charge in [-0.15, -0.1) is 0 Å². The van der Waals surface area contributed by atoms with Crippen molar-refractivity contribution < 1.29 is 13.2 Å². The van der Waals surface area contributed by atoms with E-state index in [1.165, 1.54) is 4.31 Å². The van der Waals surface area contributed by atoms with Gasteiger partial charge in [-0.1, -0.05) is 31.5 Å². The van der Waals surface area contributed by atoms with Crippen LogP contribution in [-0.4, -0.2) is 27.4 Å². The van der Waals surface area contributed by atoms with Crippen LogP contribution in [0.3, 0.4) is 0 Å². The van der Waals surface area contributed by atoms with Crippen molar-refractivity contribution in [3.63, 3.8) is 0 Å². The van der Waals surface area contributed by atoms with Crippen LogP contribution in [0.4, 0.5) is 5.69 Å². The molecule has 3 rings (SSSR count). The van der Waals surface area contributed by atoms with Crippen molar-refractivity contribution in [2.75, 3.05) is 17.4 Å². The van der Waals surface area contributed by atoms with Crippen molar-refractivity contribution >= 4 is 21.6 Å². The smallest absolute Gasteiger partial charge is 0.264 e. The molecule has 138 valence electrons. The topological polar surface area (TPSA) is 66.5 Å². The van der Waals surface area contributed by atoms with Gasteiger partial charge in [0.25, 0.3) is 15.9 Å². The fraction of sp³-hybridized carbons (Fsp3) is 0.350. The molecule has 0 aliphatic carbocycles. The lowest BCUT2D eigenvalue weighted by atomic mass is 10.1. The first-order valence-electron chi connectivity index (χ1n) is 8.79. The first kappa shape index (κ1) is 18.5. The van der Waals surface area contributed by atoms with E-state index in [9.17, 15) is 13.2 Å². The number of benzene rings is 2. The summed E-state index contributed by atoms with van der Waals surface area (Å²) >= 11 is 0. The van der Waals surface area contributed by atoms with Crippen LogP contribution in [0.5, 0.6) is 0 Å². The maximum atomic E-state index is 13.0. The molecule has 0 bridgehead atoms. The monoisotopic (exact) mass is 372 g/mol. The van der Waals surface area contributed by atoms with Crippen LogP contribution in [0.1, 0.15) is 35.3 Å². The third-order valence-electron chi connectivity index (χ3n) is 4.47. The number of nitrogens with one attached hydrogen (secondary N) is 1. The van der Waals surface area contributed by atoms with Gasteiger partial charge in [-0.05, 0) is 55.2 Å².